The first-order valence-corrected chi connectivity index (χ1v) is 11.0. The summed E-state index contributed by atoms with van der Waals surface area (Å²) in [6.07, 6.45) is 9.38. The summed E-state index contributed by atoms with van der Waals surface area (Å²) in [5.41, 5.74) is 4.10. The van der Waals surface area contributed by atoms with E-state index in [0.29, 0.717) is 23.7 Å². The van der Waals surface area contributed by atoms with Gasteiger partial charge in [0, 0.05) is 11.6 Å². The Balaban J connectivity index is 0.00000392. The highest BCUT2D eigenvalue weighted by molar-refractivity contribution is 5.85. The van der Waals surface area contributed by atoms with E-state index in [9.17, 15) is 0 Å². The van der Waals surface area contributed by atoms with E-state index in [0.717, 1.165) is 12.3 Å². The number of hydrogen-bond donors (Lipinski definition) is 0. The van der Waals surface area contributed by atoms with Crippen LogP contribution in [0, 0.1) is 23.2 Å². The predicted octanol–water partition coefficient (Wildman–Crippen LogP) is 8.71. The lowest BCUT2D eigenvalue weighted by Crippen LogP contribution is -2.40. The SMILES string of the molecule is C=CCC1(C=Nc2c(C(C)C)cccc2C(C)C)C[C@H](C)CC[C@H]1C(C)C.Cl. The monoisotopic (exact) mass is 403 g/mol. The molecule has 0 radical (unpaired) electrons. The van der Waals surface area contributed by atoms with E-state index in [1.807, 2.05) is 0 Å². The molecule has 1 unspecified atom stereocenters. The highest BCUT2D eigenvalue weighted by atomic mass is 35.5. The number of rotatable bonds is 7. The first-order valence-electron chi connectivity index (χ1n) is 11.0. The van der Waals surface area contributed by atoms with Gasteiger partial charge in [-0.1, -0.05) is 79.2 Å². The minimum atomic E-state index is 0. The standard InChI is InChI=1S/C26H41N.ClH/c1-9-15-26(16-21(8)13-14-24(26)20(6)7)17-27-25-22(18(2)3)11-10-12-23(25)19(4)5;/h9-12,17-21,24H,1,13-16H2,2-8H3;1H/t21-,24+,26?;/m1./s1. The van der Waals surface area contributed by atoms with Gasteiger partial charge in [0.05, 0.1) is 5.69 Å². The Morgan fingerprint density at radius 2 is 1.64 bits per heavy atom. The Morgan fingerprint density at radius 1 is 1.07 bits per heavy atom. The molecule has 1 aliphatic rings. The summed E-state index contributed by atoms with van der Waals surface area (Å²) >= 11 is 0. The lowest BCUT2D eigenvalue weighted by molar-refractivity contribution is 0.100. The largest absolute Gasteiger partial charge is 0.260 e. The summed E-state index contributed by atoms with van der Waals surface area (Å²) in [5.74, 6) is 3.09. The molecule has 0 N–H and O–H groups in total. The molecule has 1 aromatic carbocycles. The molecule has 1 aliphatic carbocycles. The van der Waals surface area contributed by atoms with Crippen LogP contribution in [0.3, 0.4) is 0 Å². The number of hydrogen-bond acceptors (Lipinski definition) is 1. The molecule has 1 aromatic rings. The Hall–Kier alpha value is -1.08. The van der Waals surface area contributed by atoms with Crippen LogP contribution in [0.5, 0.6) is 0 Å². The maximum absolute atomic E-state index is 5.26. The Kier molecular flexibility index (Phi) is 9.47. The molecule has 1 fully saturated rings. The molecule has 2 rings (SSSR count). The zero-order valence-corrected chi connectivity index (χ0v) is 20.0. The average Bonchev–Trinajstić information content (AvgIpc) is 2.59. The quantitative estimate of drug-likeness (QED) is 0.318. The van der Waals surface area contributed by atoms with Crippen LogP contribution in [0.1, 0.15) is 97.1 Å². The molecule has 2 heteroatoms. The molecule has 1 nitrogen and oxygen atoms in total. The predicted molar refractivity (Wildman–Crippen MR) is 129 cm³/mol. The van der Waals surface area contributed by atoms with Crippen molar-refractivity contribution in [3.8, 4) is 0 Å². The number of aliphatic imine (C=N–C) groups is 1. The van der Waals surface area contributed by atoms with Crippen LogP contribution in [0.4, 0.5) is 5.69 Å². The maximum atomic E-state index is 5.26. The van der Waals surface area contributed by atoms with E-state index >= 15 is 0 Å². The van der Waals surface area contributed by atoms with Crippen molar-refractivity contribution >= 4 is 24.3 Å². The van der Waals surface area contributed by atoms with Gasteiger partial charge in [0.25, 0.3) is 0 Å². The lowest BCUT2D eigenvalue weighted by atomic mass is 9.59. The Morgan fingerprint density at radius 3 is 2.11 bits per heavy atom. The first kappa shape index (κ1) is 25.0. The summed E-state index contributed by atoms with van der Waals surface area (Å²) in [6, 6.07) is 6.71. The van der Waals surface area contributed by atoms with E-state index in [1.54, 1.807) is 0 Å². The van der Waals surface area contributed by atoms with Gasteiger partial charge in [0.1, 0.15) is 0 Å². The normalized spacial score (nSPS) is 25.5. The highest BCUT2D eigenvalue weighted by Crippen LogP contribution is 2.49. The molecule has 0 heterocycles. The van der Waals surface area contributed by atoms with Gasteiger partial charge in [-0.05, 0) is 60.0 Å². The van der Waals surface area contributed by atoms with Gasteiger partial charge in [-0.3, -0.25) is 4.99 Å². The summed E-state index contributed by atoms with van der Waals surface area (Å²) in [6.45, 7) is 20.4. The summed E-state index contributed by atoms with van der Waals surface area (Å²) in [4.78, 5) is 5.26. The minimum absolute atomic E-state index is 0. The maximum Gasteiger partial charge on any atom is 0.0695 e. The molecule has 0 spiro atoms. The highest BCUT2D eigenvalue weighted by Gasteiger charge is 2.42. The van der Waals surface area contributed by atoms with Gasteiger partial charge in [-0.25, -0.2) is 0 Å². The topological polar surface area (TPSA) is 12.4 Å². The number of benzene rings is 1. The van der Waals surface area contributed by atoms with Crippen LogP contribution < -0.4 is 0 Å². The summed E-state index contributed by atoms with van der Waals surface area (Å²) < 4.78 is 0. The fraction of sp³-hybridized carbons (Fsp3) is 0.654. The van der Waals surface area contributed by atoms with E-state index in [2.05, 4.69) is 85.5 Å². The minimum Gasteiger partial charge on any atom is -0.260 e. The van der Waals surface area contributed by atoms with E-state index < -0.39 is 0 Å². The zero-order valence-electron chi connectivity index (χ0n) is 19.2. The van der Waals surface area contributed by atoms with Gasteiger partial charge >= 0.3 is 0 Å². The number of allylic oxidation sites excluding steroid dienone is 1. The summed E-state index contributed by atoms with van der Waals surface area (Å²) in [7, 11) is 0. The fourth-order valence-corrected chi connectivity index (χ4v) is 5.21. The third kappa shape index (κ3) is 5.50. The molecular formula is C26H42ClN. The van der Waals surface area contributed by atoms with Crippen molar-refractivity contribution < 1.29 is 0 Å². The second-order valence-corrected chi connectivity index (χ2v) is 9.82. The van der Waals surface area contributed by atoms with Gasteiger partial charge in [0.2, 0.25) is 0 Å². The molecule has 0 aliphatic heterocycles. The Bertz CT molecular complexity index is 632. The van der Waals surface area contributed by atoms with Gasteiger partial charge < -0.3 is 0 Å². The molecule has 1 saturated carbocycles. The second-order valence-electron chi connectivity index (χ2n) is 9.82. The number of para-hydroxylation sites is 1. The van der Waals surface area contributed by atoms with E-state index in [-0.39, 0.29) is 17.8 Å². The molecule has 158 valence electrons. The van der Waals surface area contributed by atoms with Gasteiger partial charge in [-0.15, -0.1) is 19.0 Å². The molecule has 28 heavy (non-hydrogen) atoms. The molecular weight excluding hydrogens is 362 g/mol. The zero-order chi connectivity index (χ0) is 20.2. The van der Waals surface area contributed by atoms with Crippen LogP contribution in [-0.4, -0.2) is 6.21 Å². The molecule has 0 aromatic heterocycles. The Labute approximate surface area is 180 Å². The molecule has 0 saturated heterocycles. The summed E-state index contributed by atoms with van der Waals surface area (Å²) in [5, 5.41) is 0. The van der Waals surface area contributed by atoms with E-state index in [1.165, 1.54) is 36.1 Å². The van der Waals surface area contributed by atoms with Crippen molar-refractivity contribution in [2.24, 2.45) is 28.2 Å². The van der Waals surface area contributed by atoms with Crippen LogP contribution in [-0.2, 0) is 0 Å². The van der Waals surface area contributed by atoms with Crippen LogP contribution >= 0.6 is 12.4 Å². The lowest BCUT2D eigenvalue weighted by Gasteiger charge is -2.46. The second kappa shape index (κ2) is 10.6. The third-order valence-electron chi connectivity index (χ3n) is 6.56. The van der Waals surface area contributed by atoms with Gasteiger partial charge in [-0.2, -0.15) is 0 Å². The smallest absolute Gasteiger partial charge is 0.0695 e. The number of nitrogens with zero attached hydrogens (tertiary/aromatic N) is 1. The van der Waals surface area contributed by atoms with Crippen LogP contribution in [0.25, 0.3) is 0 Å². The molecule has 0 bridgehead atoms. The molecule has 0 amide bonds. The van der Waals surface area contributed by atoms with Gasteiger partial charge in [0.15, 0.2) is 0 Å². The molecule has 3 atom stereocenters. The number of halogens is 1. The third-order valence-corrected chi connectivity index (χ3v) is 6.56. The van der Waals surface area contributed by atoms with Crippen LogP contribution in [0.2, 0.25) is 0 Å². The van der Waals surface area contributed by atoms with Crippen molar-refractivity contribution in [2.75, 3.05) is 0 Å². The van der Waals surface area contributed by atoms with Crippen molar-refractivity contribution in [1.29, 1.82) is 0 Å². The van der Waals surface area contributed by atoms with E-state index in [4.69, 9.17) is 4.99 Å². The van der Waals surface area contributed by atoms with Crippen molar-refractivity contribution in [3.63, 3.8) is 0 Å². The van der Waals surface area contributed by atoms with Crippen molar-refractivity contribution in [3.05, 3.63) is 42.0 Å². The first-order chi connectivity index (χ1) is 12.7. The average molecular weight is 404 g/mol. The van der Waals surface area contributed by atoms with Crippen molar-refractivity contribution in [2.45, 2.75) is 86.0 Å². The fourth-order valence-electron chi connectivity index (χ4n) is 5.21. The van der Waals surface area contributed by atoms with Crippen LogP contribution in [0.15, 0.2) is 35.8 Å². The van der Waals surface area contributed by atoms with Crippen molar-refractivity contribution in [1.82, 2.24) is 0 Å².